The summed E-state index contributed by atoms with van der Waals surface area (Å²) >= 11 is 1.17. The lowest BCUT2D eigenvalue weighted by Crippen LogP contribution is -2.25. The number of ether oxygens (including phenoxy) is 1. The van der Waals surface area contributed by atoms with Crippen LogP contribution in [0.3, 0.4) is 0 Å². The first-order valence-corrected chi connectivity index (χ1v) is 12.8. The van der Waals surface area contributed by atoms with Crippen molar-refractivity contribution in [2.24, 2.45) is 10.1 Å². The minimum Gasteiger partial charge on any atom is -0.497 e. The second-order valence-electron chi connectivity index (χ2n) is 8.97. The van der Waals surface area contributed by atoms with Crippen molar-refractivity contribution in [2.75, 3.05) is 12.4 Å². The number of halogens is 2. The Labute approximate surface area is 222 Å². The number of hydrogen-bond acceptors (Lipinski definition) is 6. The molecule has 3 aromatic carbocycles. The van der Waals surface area contributed by atoms with Crippen molar-refractivity contribution in [2.45, 2.75) is 31.1 Å². The number of nitrogens with zero attached hydrogens (tertiary/aromatic N) is 3. The number of hydrogen-bond donors (Lipinski definition) is 1. The van der Waals surface area contributed by atoms with Crippen LogP contribution in [0.2, 0.25) is 0 Å². The predicted molar refractivity (Wildman–Crippen MR) is 143 cm³/mol. The topological polar surface area (TPSA) is 83.4 Å². The van der Waals surface area contributed by atoms with Crippen LogP contribution in [-0.4, -0.2) is 40.1 Å². The highest BCUT2D eigenvalue weighted by molar-refractivity contribution is 8.15. The molecule has 10 heteroatoms. The Kier molecular flexibility index (Phi) is 7.24. The Morgan fingerprint density at radius 2 is 1.82 bits per heavy atom. The number of anilines is 1. The number of rotatable bonds is 6. The standard InChI is InChI=1S/C28H24F2N4O3S/c1-16-3-5-17(6-4-16)23-14-24(18-7-10-20(37-2)11-8-18)34(33-23)28-32-27(36)25(38-28)15-26(35)31-19-9-12-21(29)22(30)13-19/h3-13,24-25H,14-15H2,1-2H3,(H,31,35)/t24-,25+/m0/s1. The van der Waals surface area contributed by atoms with E-state index in [1.807, 2.05) is 55.5 Å². The first-order valence-electron chi connectivity index (χ1n) is 11.9. The molecule has 5 rings (SSSR count). The Morgan fingerprint density at radius 3 is 2.50 bits per heavy atom. The van der Waals surface area contributed by atoms with Gasteiger partial charge in [-0.15, -0.1) is 0 Å². The van der Waals surface area contributed by atoms with Gasteiger partial charge in [0, 0.05) is 24.6 Å². The number of carbonyl (C=O) groups is 2. The van der Waals surface area contributed by atoms with Gasteiger partial charge in [-0.2, -0.15) is 10.1 Å². The van der Waals surface area contributed by atoms with Crippen molar-refractivity contribution in [3.63, 3.8) is 0 Å². The van der Waals surface area contributed by atoms with Gasteiger partial charge in [0.05, 0.1) is 18.9 Å². The molecule has 0 aromatic heterocycles. The van der Waals surface area contributed by atoms with Gasteiger partial charge in [0.25, 0.3) is 5.91 Å². The highest BCUT2D eigenvalue weighted by Gasteiger charge is 2.39. The van der Waals surface area contributed by atoms with E-state index in [2.05, 4.69) is 10.3 Å². The molecule has 0 fully saturated rings. The van der Waals surface area contributed by atoms with E-state index < -0.39 is 28.7 Å². The number of carbonyl (C=O) groups excluding carboxylic acids is 2. The summed E-state index contributed by atoms with van der Waals surface area (Å²) in [6.07, 6.45) is 0.426. The summed E-state index contributed by atoms with van der Waals surface area (Å²) in [5.41, 5.74) is 4.07. The lowest BCUT2D eigenvalue weighted by molar-refractivity contribution is -0.121. The molecule has 2 heterocycles. The molecule has 0 saturated carbocycles. The molecule has 2 amide bonds. The summed E-state index contributed by atoms with van der Waals surface area (Å²) in [5, 5.41) is 8.74. The Hall–Kier alpha value is -4.05. The van der Waals surface area contributed by atoms with Gasteiger partial charge < -0.3 is 10.1 Å². The zero-order valence-corrected chi connectivity index (χ0v) is 21.5. The van der Waals surface area contributed by atoms with E-state index in [0.717, 1.165) is 40.3 Å². The summed E-state index contributed by atoms with van der Waals surface area (Å²) in [6.45, 7) is 2.02. The fourth-order valence-corrected chi connectivity index (χ4v) is 5.31. The molecule has 0 aliphatic carbocycles. The van der Waals surface area contributed by atoms with Gasteiger partial charge in [0.15, 0.2) is 16.8 Å². The maximum atomic E-state index is 13.5. The lowest BCUT2D eigenvalue weighted by atomic mass is 9.98. The van der Waals surface area contributed by atoms with E-state index in [0.29, 0.717) is 11.6 Å². The number of aliphatic imine (C=N–C) groups is 1. The molecule has 0 saturated heterocycles. The number of amidine groups is 1. The third-order valence-corrected chi connectivity index (χ3v) is 7.44. The maximum Gasteiger partial charge on any atom is 0.262 e. The molecule has 1 N–H and O–H groups in total. The molecule has 2 aliphatic heterocycles. The van der Waals surface area contributed by atoms with Crippen molar-refractivity contribution in [3.8, 4) is 5.75 Å². The summed E-state index contributed by atoms with van der Waals surface area (Å²) in [4.78, 5) is 29.5. The molecule has 3 aromatic rings. The maximum absolute atomic E-state index is 13.5. The molecule has 194 valence electrons. The van der Waals surface area contributed by atoms with Gasteiger partial charge >= 0.3 is 0 Å². The van der Waals surface area contributed by atoms with Crippen LogP contribution in [0.4, 0.5) is 14.5 Å². The number of thioether (sulfide) groups is 1. The Morgan fingerprint density at radius 1 is 1.08 bits per heavy atom. The molecule has 0 bridgehead atoms. The summed E-state index contributed by atoms with van der Waals surface area (Å²) in [7, 11) is 1.61. The number of nitrogens with one attached hydrogen (secondary N) is 1. The summed E-state index contributed by atoms with van der Waals surface area (Å²) < 4.78 is 32.0. The second kappa shape index (κ2) is 10.7. The normalized spacial score (nSPS) is 18.8. The van der Waals surface area contributed by atoms with Gasteiger partial charge in [-0.1, -0.05) is 53.7 Å². The molecular formula is C28H24F2N4O3S. The van der Waals surface area contributed by atoms with Gasteiger partial charge in [0.1, 0.15) is 11.0 Å². The van der Waals surface area contributed by atoms with Crippen molar-refractivity contribution in [3.05, 3.63) is 95.1 Å². The molecule has 2 aliphatic rings. The third kappa shape index (κ3) is 5.45. The third-order valence-electron chi connectivity index (χ3n) is 6.29. The SMILES string of the molecule is COc1ccc([C@@H]2CC(c3ccc(C)cc3)=NN2C2=NC(=O)[C@@H](CC(=O)Nc3ccc(F)c(F)c3)S2)cc1. The number of methoxy groups -OCH3 is 1. The van der Waals surface area contributed by atoms with E-state index in [-0.39, 0.29) is 18.2 Å². The van der Waals surface area contributed by atoms with E-state index in [1.165, 1.54) is 17.8 Å². The lowest BCUT2D eigenvalue weighted by Gasteiger charge is -2.23. The second-order valence-corrected chi connectivity index (χ2v) is 10.1. The van der Waals surface area contributed by atoms with E-state index in [1.54, 1.807) is 12.1 Å². The highest BCUT2D eigenvalue weighted by atomic mass is 32.2. The van der Waals surface area contributed by atoms with Crippen LogP contribution < -0.4 is 10.1 Å². The first-order chi connectivity index (χ1) is 18.3. The minimum atomic E-state index is -1.07. The molecule has 0 spiro atoms. The molecule has 0 unspecified atom stereocenters. The molecular weight excluding hydrogens is 510 g/mol. The van der Waals surface area contributed by atoms with Crippen LogP contribution in [0.5, 0.6) is 5.75 Å². The zero-order valence-electron chi connectivity index (χ0n) is 20.7. The van der Waals surface area contributed by atoms with Gasteiger partial charge in [-0.05, 0) is 42.3 Å². The predicted octanol–water partition coefficient (Wildman–Crippen LogP) is 5.46. The number of benzene rings is 3. The van der Waals surface area contributed by atoms with Crippen LogP contribution in [0, 0.1) is 18.6 Å². The Balaban J connectivity index is 1.34. The molecule has 7 nitrogen and oxygen atoms in total. The zero-order chi connectivity index (χ0) is 26.8. The fraction of sp³-hybridized carbons (Fsp3) is 0.214. The minimum absolute atomic E-state index is 0.108. The number of amides is 2. The van der Waals surface area contributed by atoms with E-state index in [9.17, 15) is 18.4 Å². The Bertz CT molecular complexity index is 1440. The monoisotopic (exact) mass is 534 g/mol. The molecule has 0 radical (unpaired) electrons. The van der Waals surface area contributed by atoms with E-state index in [4.69, 9.17) is 9.84 Å². The van der Waals surface area contributed by atoms with Gasteiger partial charge in [0.2, 0.25) is 5.91 Å². The van der Waals surface area contributed by atoms with Crippen molar-refractivity contribution in [1.82, 2.24) is 5.01 Å². The number of aryl methyl sites for hydroxylation is 1. The molecule has 2 atom stereocenters. The average Bonchev–Trinajstić information content (AvgIpc) is 3.50. The van der Waals surface area contributed by atoms with Gasteiger partial charge in [-0.3, -0.25) is 9.59 Å². The first kappa shape index (κ1) is 25.6. The van der Waals surface area contributed by atoms with Crippen LogP contribution >= 0.6 is 11.8 Å². The summed E-state index contributed by atoms with van der Waals surface area (Å²) in [6, 6.07) is 18.6. The average molecular weight is 535 g/mol. The largest absolute Gasteiger partial charge is 0.497 e. The fourth-order valence-electron chi connectivity index (χ4n) is 4.25. The molecule has 38 heavy (non-hydrogen) atoms. The summed E-state index contributed by atoms with van der Waals surface area (Å²) in [5.74, 6) is -2.30. The van der Waals surface area contributed by atoms with Gasteiger partial charge in [-0.25, -0.2) is 13.8 Å². The smallest absolute Gasteiger partial charge is 0.262 e. The van der Waals surface area contributed by atoms with Crippen molar-refractivity contribution >= 4 is 40.1 Å². The van der Waals surface area contributed by atoms with Crippen LogP contribution in [0.25, 0.3) is 0 Å². The quantitative estimate of drug-likeness (QED) is 0.454. The van der Waals surface area contributed by atoms with Crippen LogP contribution in [0.1, 0.15) is 35.6 Å². The van der Waals surface area contributed by atoms with Crippen LogP contribution in [-0.2, 0) is 9.59 Å². The van der Waals surface area contributed by atoms with Crippen LogP contribution in [0.15, 0.2) is 76.8 Å². The number of hydrazone groups is 1. The van der Waals surface area contributed by atoms with Crippen molar-refractivity contribution in [1.29, 1.82) is 0 Å². The highest BCUT2D eigenvalue weighted by Crippen LogP contribution is 2.39. The van der Waals surface area contributed by atoms with Crippen molar-refractivity contribution < 1.29 is 23.1 Å². The van der Waals surface area contributed by atoms with E-state index >= 15 is 0 Å².